The maximum atomic E-state index is 13.3. The number of nitrogens with zero attached hydrogens (tertiary/aromatic N) is 2. The Hall–Kier alpha value is -3.85. The van der Waals surface area contributed by atoms with Crippen molar-refractivity contribution in [3.05, 3.63) is 70.7 Å². The minimum absolute atomic E-state index is 0.0218. The lowest BCUT2D eigenvalue weighted by Gasteiger charge is -2.24. The number of ketones is 1. The number of aromatic nitrogens is 1. The number of ether oxygens (including phenoxy) is 3. The van der Waals surface area contributed by atoms with E-state index in [-0.39, 0.29) is 11.3 Å². The molecule has 3 aromatic rings. The average Bonchev–Trinajstić information content (AvgIpc) is 3.52. The summed E-state index contributed by atoms with van der Waals surface area (Å²) in [6, 6.07) is 11.1. The van der Waals surface area contributed by atoms with Crippen molar-refractivity contribution in [2.75, 3.05) is 24.7 Å². The van der Waals surface area contributed by atoms with E-state index in [0.29, 0.717) is 53.3 Å². The molecule has 9 heteroatoms. The Morgan fingerprint density at radius 1 is 1.00 bits per heavy atom. The zero-order valence-corrected chi connectivity index (χ0v) is 21.9. The SMILES string of the molecule is CCCCOc1ccc(C2C(=C(O)c3ccc(OCC)cc3)C(=O)C(=O)N2c2nccs2)cc1OCC. The molecule has 1 aromatic heterocycles. The van der Waals surface area contributed by atoms with Gasteiger partial charge in [-0.15, -0.1) is 11.3 Å². The number of hydrogen-bond donors (Lipinski definition) is 1. The lowest BCUT2D eigenvalue weighted by atomic mass is 9.95. The summed E-state index contributed by atoms with van der Waals surface area (Å²) < 4.78 is 17.2. The molecular weight excluding hydrogens is 492 g/mol. The summed E-state index contributed by atoms with van der Waals surface area (Å²) >= 11 is 1.24. The quantitative estimate of drug-likeness (QED) is 0.148. The van der Waals surface area contributed by atoms with Crippen LogP contribution >= 0.6 is 11.3 Å². The normalized spacial score (nSPS) is 16.7. The van der Waals surface area contributed by atoms with Crippen molar-refractivity contribution in [1.82, 2.24) is 4.98 Å². The largest absolute Gasteiger partial charge is 0.507 e. The summed E-state index contributed by atoms with van der Waals surface area (Å²) in [7, 11) is 0. The minimum Gasteiger partial charge on any atom is -0.507 e. The predicted octanol–water partition coefficient (Wildman–Crippen LogP) is 5.75. The molecule has 8 nitrogen and oxygen atoms in total. The second-order valence-corrected chi connectivity index (χ2v) is 9.16. The van der Waals surface area contributed by atoms with Crippen molar-refractivity contribution < 1.29 is 28.9 Å². The molecular formula is C28H30N2O6S. The zero-order chi connectivity index (χ0) is 26.4. The number of benzene rings is 2. The van der Waals surface area contributed by atoms with Gasteiger partial charge >= 0.3 is 5.91 Å². The molecule has 0 spiro atoms. The monoisotopic (exact) mass is 522 g/mol. The second-order valence-electron chi connectivity index (χ2n) is 8.28. The van der Waals surface area contributed by atoms with E-state index in [0.717, 1.165) is 12.8 Å². The topological polar surface area (TPSA) is 98.2 Å². The van der Waals surface area contributed by atoms with Gasteiger partial charge in [-0.3, -0.25) is 14.5 Å². The highest BCUT2D eigenvalue weighted by Gasteiger charge is 2.48. The fourth-order valence-electron chi connectivity index (χ4n) is 4.12. The van der Waals surface area contributed by atoms with Crippen molar-refractivity contribution >= 4 is 33.9 Å². The smallest absolute Gasteiger partial charge is 0.301 e. The highest BCUT2D eigenvalue weighted by atomic mass is 32.1. The van der Waals surface area contributed by atoms with Gasteiger partial charge in [-0.1, -0.05) is 19.4 Å². The average molecular weight is 523 g/mol. The van der Waals surface area contributed by atoms with Crippen LogP contribution in [0.1, 0.15) is 50.8 Å². The summed E-state index contributed by atoms with van der Waals surface area (Å²) in [6.07, 6.45) is 3.47. The lowest BCUT2D eigenvalue weighted by molar-refractivity contribution is -0.132. The molecule has 1 atom stereocenters. The van der Waals surface area contributed by atoms with Crippen LogP contribution in [0.3, 0.4) is 0 Å². The highest BCUT2D eigenvalue weighted by Crippen LogP contribution is 2.44. The molecule has 1 unspecified atom stereocenters. The zero-order valence-electron chi connectivity index (χ0n) is 21.1. The number of aliphatic hydroxyl groups excluding tert-OH is 1. The summed E-state index contributed by atoms with van der Waals surface area (Å²) in [5.41, 5.74) is 0.967. The lowest BCUT2D eigenvalue weighted by Crippen LogP contribution is -2.29. The molecule has 0 bridgehead atoms. The second kappa shape index (κ2) is 11.9. The maximum Gasteiger partial charge on any atom is 0.301 e. The molecule has 1 N–H and O–H groups in total. The van der Waals surface area contributed by atoms with Crippen LogP contribution in [0.5, 0.6) is 17.2 Å². The van der Waals surface area contributed by atoms with E-state index in [1.54, 1.807) is 54.0 Å². The molecule has 2 aromatic carbocycles. The van der Waals surface area contributed by atoms with Gasteiger partial charge in [0.15, 0.2) is 16.6 Å². The summed E-state index contributed by atoms with van der Waals surface area (Å²) in [5, 5.41) is 13.4. The standard InChI is InChI=1S/C28H30N2O6S/c1-4-7-15-36-21-13-10-19(17-22(21)35-6-3)24-23(25(31)18-8-11-20(12-9-18)34-5-2)26(32)27(33)30(24)28-29-14-16-37-28/h8-14,16-17,24,31H,4-7,15H2,1-3H3. The molecule has 0 aliphatic carbocycles. The first-order chi connectivity index (χ1) is 18.0. The molecule has 37 heavy (non-hydrogen) atoms. The number of hydrogen-bond acceptors (Lipinski definition) is 8. The predicted molar refractivity (Wildman–Crippen MR) is 143 cm³/mol. The Labute approximate surface area is 220 Å². The van der Waals surface area contributed by atoms with E-state index in [2.05, 4.69) is 11.9 Å². The van der Waals surface area contributed by atoms with E-state index in [9.17, 15) is 14.7 Å². The van der Waals surface area contributed by atoms with Gasteiger partial charge in [-0.05, 0) is 62.2 Å². The van der Waals surface area contributed by atoms with E-state index in [4.69, 9.17) is 14.2 Å². The third-order valence-electron chi connectivity index (χ3n) is 5.85. The van der Waals surface area contributed by atoms with Crippen LogP contribution < -0.4 is 19.1 Å². The van der Waals surface area contributed by atoms with Crippen LogP contribution in [0, 0.1) is 0 Å². The van der Waals surface area contributed by atoms with Crippen molar-refractivity contribution in [2.45, 2.75) is 39.7 Å². The van der Waals surface area contributed by atoms with Crippen molar-refractivity contribution in [3.8, 4) is 17.2 Å². The van der Waals surface area contributed by atoms with Gasteiger partial charge < -0.3 is 19.3 Å². The van der Waals surface area contributed by atoms with E-state index in [1.165, 1.54) is 16.2 Å². The van der Waals surface area contributed by atoms with Gasteiger partial charge in [-0.25, -0.2) is 4.98 Å². The first-order valence-corrected chi connectivity index (χ1v) is 13.2. The van der Waals surface area contributed by atoms with Crippen LogP contribution in [0.15, 0.2) is 59.6 Å². The molecule has 1 fully saturated rings. The van der Waals surface area contributed by atoms with E-state index >= 15 is 0 Å². The third kappa shape index (κ3) is 5.46. The van der Waals surface area contributed by atoms with Crippen LogP contribution in [-0.2, 0) is 9.59 Å². The maximum absolute atomic E-state index is 13.3. The minimum atomic E-state index is -0.901. The Morgan fingerprint density at radius 3 is 2.41 bits per heavy atom. The number of rotatable bonds is 11. The Bertz CT molecular complexity index is 1270. The molecule has 1 amide bonds. The van der Waals surface area contributed by atoms with Crippen LogP contribution in [0.25, 0.3) is 5.76 Å². The number of carbonyl (C=O) groups is 2. The van der Waals surface area contributed by atoms with Crippen molar-refractivity contribution in [3.63, 3.8) is 0 Å². The summed E-state index contributed by atoms with van der Waals surface area (Å²) in [6.45, 7) is 7.30. The number of unbranched alkanes of at least 4 members (excludes halogenated alkanes) is 1. The van der Waals surface area contributed by atoms with Gasteiger partial charge in [0.05, 0.1) is 31.4 Å². The van der Waals surface area contributed by atoms with Gasteiger partial charge in [0, 0.05) is 17.1 Å². The van der Waals surface area contributed by atoms with Gasteiger partial charge in [-0.2, -0.15) is 0 Å². The molecule has 194 valence electrons. The molecule has 1 aliphatic rings. The fourth-order valence-corrected chi connectivity index (χ4v) is 4.79. The Balaban J connectivity index is 1.83. The van der Waals surface area contributed by atoms with Gasteiger partial charge in [0.1, 0.15) is 11.5 Å². The molecule has 2 heterocycles. The number of anilines is 1. The van der Waals surface area contributed by atoms with Crippen molar-refractivity contribution in [2.24, 2.45) is 0 Å². The highest BCUT2D eigenvalue weighted by molar-refractivity contribution is 7.14. The van der Waals surface area contributed by atoms with Crippen LogP contribution in [-0.4, -0.2) is 41.6 Å². The van der Waals surface area contributed by atoms with Gasteiger partial charge in [0.2, 0.25) is 0 Å². The molecule has 1 aliphatic heterocycles. The van der Waals surface area contributed by atoms with Crippen LogP contribution in [0.4, 0.5) is 5.13 Å². The third-order valence-corrected chi connectivity index (χ3v) is 6.62. The first-order valence-electron chi connectivity index (χ1n) is 12.3. The number of aliphatic hydroxyl groups is 1. The number of carbonyl (C=O) groups excluding carboxylic acids is 2. The Kier molecular flexibility index (Phi) is 8.45. The van der Waals surface area contributed by atoms with Gasteiger partial charge in [0.25, 0.3) is 5.78 Å². The van der Waals surface area contributed by atoms with Crippen molar-refractivity contribution in [1.29, 1.82) is 0 Å². The molecule has 1 saturated heterocycles. The first kappa shape index (κ1) is 26.2. The number of amides is 1. The Morgan fingerprint density at radius 2 is 1.76 bits per heavy atom. The fraction of sp³-hybridized carbons (Fsp3) is 0.321. The van der Waals surface area contributed by atoms with E-state index < -0.39 is 17.7 Å². The summed E-state index contributed by atoms with van der Waals surface area (Å²) in [5.74, 6) is -0.0920. The number of thiazole rings is 1. The molecule has 4 rings (SSSR count). The summed E-state index contributed by atoms with van der Waals surface area (Å²) in [4.78, 5) is 32.2. The molecule has 0 saturated carbocycles. The van der Waals surface area contributed by atoms with E-state index in [1.807, 2.05) is 13.8 Å². The van der Waals surface area contributed by atoms with Crippen LogP contribution in [0.2, 0.25) is 0 Å². The molecule has 0 radical (unpaired) electrons. The number of Topliss-reactive ketones (excluding diaryl/α,β-unsaturated/α-hetero) is 1.